The number of benzene rings is 6. The summed E-state index contributed by atoms with van der Waals surface area (Å²) in [5.41, 5.74) is 16.2. The van der Waals surface area contributed by atoms with Gasteiger partial charge in [-0.15, -0.1) is 0 Å². The third-order valence-corrected chi connectivity index (χ3v) is 20.1. The average Bonchev–Trinajstić information content (AvgIpc) is 3.63. The molecule has 0 amide bonds. The van der Waals surface area contributed by atoms with E-state index in [9.17, 15) is 0 Å². The van der Waals surface area contributed by atoms with E-state index in [1.54, 1.807) is 25.5 Å². The van der Waals surface area contributed by atoms with E-state index in [4.69, 9.17) is 0 Å². The third-order valence-electron chi connectivity index (χ3n) is 10.7. The fourth-order valence-electron chi connectivity index (χ4n) is 8.63. The van der Waals surface area contributed by atoms with Gasteiger partial charge in [0.1, 0.15) is 0 Å². The summed E-state index contributed by atoms with van der Waals surface area (Å²) in [5, 5.41) is 5.28. The molecule has 230 valence electrons. The van der Waals surface area contributed by atoms with Gasteiger partial charge in [-0.05, 0) is 0 Å². The Morgan fingerprint density at radius 3 is 1.72 bits per heavy atom. The van der Waals surface area contributed by atoms with Gasteiger partial charge in [0.15, 0.2) is 0 Å². The molecular weight excluding hydrogens is 644 g/mol. The molecule has 0 aliphatic heterocycles. The van der Waals surface area contributed by atoms with Gasteiger partial charge in [-0.1, -0.05) is 0 Å². The maximum atomic E-state index is 2.61. The van der Waals surface area contributed by atoms with E-state index in [1.165, 1.54) is 60.5 Å². The summed E-state index contributed by atoms with van der Waals surface area (Å²) >= 11 is -2.46. The van der Waals surface area contributed by atoms with Crippen LogP contribution in [0.15, 0.2) is 126 Å². The van der Waals surface area contributed by atoms with Crippen molar-refractivity contribution in [2.75, 3.05) is 0 Å². The van der Waals surface area contributed by atoms with Crippen LogP contribution in [0.4, 0.5) is 0 Å². The van der Waals surface area contributed by atoms with Crippen LogP contribution in [0.3, 0.4) is 0 Å². The Labute approximate surface area is 287 Å². The van der Waals surface area contributed by atoms with Crippen molar-refractivity contribution in [2.45, 2.75) is 48.8 Å². The Bertz CT molecular complexity index is 2310. The van der Waals surface area contributed by atoms with Crippen molar-refractivity contribution in [3.63, 3.8) is 0 Å². The topological polar surface area (TPSA) is 0 Å². The second kappa shape index (κ2) is 11.9. The van der Waals surface area contributed by atoms with E-state index in [-0.39, 0.29) is 0 Å². The first-order chi connectivity index (χ1) is 22.8. The van der Waals surface area contributed by atoms with Gasteiger partial charge in [-0.3, -0.25) is 0 Å². The number of allylic oxidation sites excluding steroid dienone is 2. The number of fused-ring (bicyclic) bond motifs is 4. The van der Waals surface area contributed by atoms with Crippen molar-refractivity contribution in [1.82, 2.24) is 0 Å². The fraction of sp³-hybridized carbons (Fsp3) is 0.196. The van der Waals surface area contributed by atoms with E-state index < -0.39 is 21.3 Å². The zero-order valence-electron chi connectivity index (χ0n) is 28.4. The first kappa shape index (κ1) is 30.4. The first-order valence-corrected chi connectivity index (χ1v) is 21.2. The zero-order chi connectivity index (χ0) is 32.4. The molecule has 0 fully saturated rings. The Morgan fingerprint density at radius 1 is 0.553 bits per heavy atom. The Hall–Kier alpha value is -3.93. The van der Waals surface area contributed by atoms with Crippen molar-refractivity contribution < 1.29 is 21.3 Å². The SMILES string of the molecule is CC1=Cc2c(-c3cccc4ccccc34)ccc(C)c2[CH]1[Zr](=[C](C)C)[CH]1C(C(C)C)=Cc2c(-c3cccc4ccccc34)cccc21. The molecule has 0 bridgehead atoms. The number of hydrogen-bond donors (Lipinski definition) is 0. The molecule has 0 heterocycles. The summed E-state index contributed by atoms with van der Waals surface area (Å²) in [6.45, 7) is 14.6. The van der Waals surface area contributed by atoms with Gasteiger partial charge in [0.2, 0.25) is 0 Å². The molecule has 6 aromatic carbocycles. The molecule has 0 saturated carbocycles. The molecule has 2 atom stereocenters. The Balaban J connectivity index is 1.32. The number of rotatable bonds is 5. The van der Waals surface area contributed by atoms with Crippen LogP contribution in [-0.4, -0.2) is 3.21 Å². The average molecular weight is 686 g/mol. The Morgan fingerprint density at radius 2 is 1.11 bits per heavy atom. The van der Waals surface area contributed by atoms with Gasteiger partial charge >= 0.3 is 289 Å². The Kier molecular flexibility index (Phi) is 7.73. The molecule has 0 N–H and O–H groups in total. The second-order valence-corrected chi connectivity index (χ2v) is 21.7. The summed E-state index contributed by atoms with van der Waals surface area (Å²) in [4.78, 5) is 0. The summed E-state index contributed by atoms with van der Waals surface area (Å²) in [7, 11) is 0. The van der Waals surface area contributed by atoms with Gasteiger partial charge in [-0.2, -0.15) is 0 Å². The molecule has 6 aromatic rings. The van der Waals surface area contributed by atoms with Crippen LogP contribution in [0, 0.1) is 12.8 Å². The van der Waals surface area contributed by atoms with E-state index in [0.717, 1.165) is 0 Å². The van der Waals surface area contributed by atoms with Gasteiger partial charge in [0.25, 0.3) is 0 Å². The van der Waals surface area contributed by atoms with Crippen molar-refractivity contribution in [2.24, 2.45) is 5.92 Å². The van der Waals surface area contributed by atoms with Crippen LogP contribution in [0.1, 0.15) is 69.7 Å². The quantitative estimate of drug-likeness (QED) is 0.169. The molecule has 8 rings (SSSR count). The van der Waals surface area contributed by atoms with E-state index in [0.29, 0.717) is 13.2 Å². The van der Waals surface area contributed by atoms with E-state index in [2.05, 4.69) is 169 Å². The van der Waals surface area contributed by atoms with Crippen LogP contribution in [-0.2, 0) is 21.3 Å². The van der Waals surface area contributed by atoms with Gasteiger partial charge in [0, 0.05) is 0 Å². The molecule has 0 nitrogen and oxygen atoms in total. The molecule has 0 saturated heterocycles. The third kappa shape index (κ3) is 4.93. The van der Waals surface area contributed by atoms with Crippen LogP contribution >= 0.6 is 0 Å². The van der Waals surface area contributed by atoms with Crippen LogP contribution in [0.2, 0.25) is 0 Å². The molecule has 2 aliphatic rings. The molecule has 0 radical (unpaired) electrons. The van der Waals surface area contributed by atoms with Gasteiger partial charge in [0.05, 0.1) is 0 Å². The summed E-state index contributed by atoms with van der Waals surface area (Å²) in [6.07, 6.45) is 5.17. The zero-order valence-corrected chi connectivity index (χ0v) is 30.8. The molecule has 0 aromatic heterocycles. The number of aryl methyl sites for hydroxylation is 1. The summed E-state index contributed by atoms with van der Waals surface area (Å²) in [6, 6.07) is 43.2. The first-order valence-electron chi connectivity index (χ1n) is 17.1. The van der Waals surface area contributed by atoms with Crippen molar-refractivity contribution in [1.29, 1.82) is 0 Å². The standard InChI is InChI=1S/C22H19.C21H17.C3H6.Zr/c1-15(2)18-13-17-9-6-12-21(22(17)14-18)20-11-5-8-16-7-3-4-10-19(16)20;1-14-12-20-15(2)10-11-19(21(20)13-14)18-9-5-7-16-6-3-4-8-17(16)18;1-3-2;/h3-15H,1-2H3;3-13H,1-2H3;1-2H3;. The van der Waals surface area contributed by atoms with Crippen LogP contribution < -0.4 is 0 Å². The second-order valence-electron chi connectivity index (χ2n) is 14.1. The minimum absolute atomic E-state index is 0.496. The maximum absolute atomic E-state index is 2.61. The molecule has 2 aliphatic carbocycles. The monoisotopic (exact) mass is 684 g/mol. The molecular formula is C46H42Zr. The van der Waals surface area contributed by atoms with Crippen LogP contribution in [0.5, 0.6) is 0 Å². The molecule has 0 spiro atoms. The summed E-state index contributed by atoms with van der Waals surface area (Å²) < 4.78 is 2.74. The molecule has 1 heteroatoms. The van der Waals surface area contributed by atoms with E-state index in [1.807, 2.05) is 0 Å². The fourth-order valence-corrected chi connectivity index (χ4v) is 18.8. The molecule has 2 unspecified atom stereocenters. The summed E-state index contributed by atoms with van der Waals surface area (Å²) in [5.74, 6) is 0.496. The molecule has 47 heavy (non-hydrogen) atoms. The van der Waals surface area contributed by atoms with E-state index >= 15 is 0 Å². The number of hydrogen-bond acceptors (Lipinski definition) is 0. The predicted molar refractivity (Wildman–Crippen MR) is 202 cm³/mol. The van der Waals surface area contributed by atoms with Crippen molar-refractivity contribution in [3.05, 3.63) is 154 Å². The minimum atomic E-state index is -2.46. The van der Waals surface area contributed by atoms with Crippen molar-refractivity contribution >= 4 is 36.9 Å². The van der Waals surface area contributed by atoms with Gasteiger partial charge < -0.3 is 0 Å². The van der Waals surface area contributed by atoms with Gasteiger partial charge in [-0.25, -0.2) is 0 Å². The predicted octanol–water partition coefficient (Wildman–Crippen LogP) is 12.7. The van der Waals surface area contributed by atoms with Crippen molar-refractivity contribution in [3.8, 4) is 22.3 Å². The van der Waals surface area contributed by atoms with Crippen LogP contribution in [0.25, 0.3) is 56.0 Å². The normalized spacial score (nSPS) is 16.7.